The summed E-state index contributed by atoms with van der Waals surface area (Å²) < 4.78 is 5.79. The first kappa shape index (κ1) is 10.2. The van der Waals surface area contributed by atoms with Gasteiger partial charge in [-0.15, -0.1) is 11.3 Å². The molecule has 0 radical (unpaired) electrons. The molecule has 0 aliphatic heterocycles. The second-order valence-electron chi connectivity index (χ2n) is 3.17. The molecule has 1 unspecified atom stereocenters. The Balaban J connectivity index is 2.10. The molecule has 0 bridgehead atoms. The van der Waals surface area contributed by atoms with Gasteiger partial charge in [0.2, 0.25) is 0 Å². The van der Waals surface area contributed by atoms with Crippen molar-refractivity contribution in [1.29, 1.82) is 0 Å². The van der Waals surface area contributed by atoms with Gasteiger partial charge < -0.3 is 10.5 Å². The zero-order valence-corrected chi connectivity index (χ0v) is 9.11. The third-order valence-electron chi connectivity index (χ3n) is 2.10. The van der Waals surface area contributed by atoms with Gasteiger partial charge in [-0.25, -0.2) is 0 Å². The first-order chi connectivity index (χ1) is 7.40. The molecule has 2 rings (SSSR count). The Morgan fingerprint density at radius 1 is 1.13 bits per heavy atom. The van der Waals surface area contributed by atoms with Gasteiger partial charge in [-0.2, -0.15) is 0 Å². The van der Waals surface area contributed by atoms with Crippen molar-refractivity contribution in [1.82, 2.24) is 0 Å². The van der Waals surface area contributed by atoms with Crippen LogP contribution in [0.3, 0.4) is 0 Å². The second kappa shape index (κ2) is 4.96. The van der Waals surface area contributed by atoms with Crippen molar-refractivity contribution < 1.29 is 4.74 Å². The Labute approximate surface area is 93.3 Å². The van der Waals surface area contributed by atoms with Crippen LogP contribution in [0.2, 0.25) is 0 Å². The Hall–Kier alpha value is -1.32. The van der Waals surface area contributed by atoms with E-state index < -0.39 is 0 Å². The normalized spacial score (nSPS) is 12.3. The fourth-order valence-electron chi connectivity index (χ4n) is 1.36. The summed E-state index contributed by atoms with van der Waals surface area (Å²) in [4.78, 5) is 1.17. The van der Waals surface area contributed by atoms with Crippen LogP contribution in [-0.2, 0) is 0 Å². The molecule has 1 aromatic heterocycles. The SMILES string of the molecule is NCC(Oc1ccccc1)c1cccs1. The predicted octanol–water partition coefficient (Wildman–Crippen LogP) is 2.83. The predicted molar refractivity (Wildman–Crippen MR) is 63.2 cm³/mol. The summed E-state index contributed by atoms with van der Waals surface area (Å²) in [5.41, 5.74) is 5.69. The summed E-state index contributed by atoms with van der Waals surface area (Å²) in [6.45, 7) is 0.495. The Kier molecular flexibility index (Phi) is 3.37. The number of rotatable bonds is 4. The molecule has 1 aromatic carbocycles. The minimum absolute atomic E-state index is 0.0348. The van der Waals surface area contributed by atoms with Crippen LogP contribution in [0.1, 0.15) is 11.0 Å². The molecule has 0 spiro atoms. The van der Waals surface area contributed by atoms with E-state index in [0.29, 0.717) is 6.54 Å². The molecule has 3 heteroatoms. The zero-order valence-electron chi connectivity index (χ0n) is 8.30. The maximum Gasteiger partial charge on any atom is 0.145 e. The quantitative estimate of drug-likeness (QED) is 0.858. The van der Waals surface area contributed by atoms with E-state index in [0.717, 1.165) is 5.75 Å². The van der Waals surface area contributed by atoms with Gasteiger partial charge in [0, 0.05) is 11.4 Å². The van der Waals surface area contributed by atoms with Crippen LogP contribution in [0.4, 0.5) is 0 Å². The average molecular weight is 219 g/mol. The van der Waals surface area contributed by atoms with Crippen molar-refractivity contribution in [2.75, 3.05) is 6.54 Å². The fraction of sp³-hybridized carbons (Fsp3) is 0.167. The molecule has 0 saturated heterocycles. The number of hydrogen-bond donors (Lipinski definition) is 1. The molecule has 0 amide bonds. The molecule has 1 heterocycles. The number of ether oxygens (including phenoxy) is 1. The van der Waals surface area contributed by atoms with Crippen LogP contribution in [-0.4, -0.2) is 6.54 Å². The van der Waals surface area contributed by atoms with E-state index in [1.54, 1.807) is 11.3 Å². The number of benzene rings is 1. The number of nitrogens with two attached hydrogens (primary N) is 1. The maximum absolute atomic E-state index is 5.79. The zero-order chi connectivity index (χ0) is 10.5. The van der Waals surface area contributed by atoms with Crippen LogP contribution >= 0.6 is 11.3 Å². The summed E-state index contributed by atoms with van der Waals surface area (Å²) >= 11 is 1.67. The Bertz CT molecular complexity index is 385. The Morgan fingerprint density at radius 3 is 2.53 bits per heavy atom. The maximum atomic E-state index is 5.79. The van der Waals surface area contributed by atoms with Gasteiger partial charge >= 0.3 is 0 Å². The molecule has 0 saturated carbocycles. The van der Waals surface area contributed by atoms with Gasteiger partial charge in [-0.05, 0) is 23.6 Å². The highest BCUT2D eigenvalue weighted by molar-refractivity contribution is 7.10. The Morgan fingerprint density at radius 2 is 1.93 bits per heavy atom. The third kappa shape index (κ3) is 2.58. The van der Waals surface area contributed by atoms with Gasteiger partial charge in [-0.3, -0.25) is 0 Å². The smallest absolute Gasteiger partial charge is 0.145 e. The lowest BCUT2D eigenvalue weighted by Gasteiger charge is -2.15. The molecule has 2 aromatic rings. The minimum Gasteiger partial charge on any atom is -0.484 e. The van der Waals surface area contributed by atoms with Crippen molar-refractivity contribution >= 4 is 11.3 Å². The second-order valence-corrected chi connectivity index (χ2v) is 4.15. The van der Waals surface area contributed by atoms with E-state index in [2.05, 4.69) is 0 Å². The molecule has 15 heavy (non-hydrogen) atoms. The monoisotopic (exact) mass is 219 g/mol. The number of hydrogen-bond acceptors (Lipinski definition) is 3. The van der Waals surface area contributed by atoms with E-state index in [-0.39, 0.29) is 6.10 Å². The van der Waals surface area contributed by atoms with Gasteiger partial charge in [0.05, 0.1) is 0 Å². The van der Waals surface area contributed by atoms with Crippen LogP contribution in [0.5, 0.6) is 5.75 Å². The summed E-state index contributed by atoms with van der Waals surface area (Å²) in [6.07, 6.45) is -0.0348. The first-order valence-corrected chi connectivity index (χ1v) is 5.73. The van der Waals surface area contributed by atoms with Crippen LogP contribution in [0, 0.1) is 0 Å². The van der Waals surface area contributed by atoms with Crippen molar-refractivity contribution in [2.24, 2.45) is 5.73 Å². The molecule has 0 aliphatic carbocycles. The molecule has 2 N–H and O–H groups in total. The third-order valence-corrected chi connectivity index (χ3v) is 3.06. The van der Waals surface area contributed by atoms with Gasteiger partial charge in [0.15, 0.2) is 0 Å². The number of thiophene rings is 1. The van der Waals surface area contributed by atoms with Gasteiger partial charge in [0.25, 0.3) is 0 Å². The van der Waals surface area contributed by atoms with Crippen LogP contribution < -0.4 is 10.5 Å². The molecule has 0 aliphatic rings. The molecule has 1 atom stereocenters. The summed E-state index contributed by atoms with van der Waals surface area (Å²) in [5.74, 6) is 0.862. The molecular formula is C12H13NOS. The minimum atomic E-state index is -0.0348. The first-order valence-electron chi connectivity index (χ1n) is 4.85. The van der Waals surface area contributed by atoms with Crippen molar-refractivity contribution in [3.63, 3.8) is 0 Å². The summed E-state index contributed by atoms with van der Waals surface area (Å²) in [5, 5.41) is 2.03. The highest BCUT2D eigenvalue weighted by Crippen LogP contribution is 2.24. The molecule has 78 valence electrons. The fourth-order valence-corrected chi connectivity index (χ4v) is 2.13. The number of para-hydroxylation sites is 1. The van der Waals surface area contributed by atoms with Crippen molar-refractivity contribution in [3.8, 4) is 5.75 Å². The average Bonchev–Trinajstić information content (AvgIpc) is 2.81. The molecule has 0 fully saturated rings. The highest BCUT2D eigenvalue weighted by Gasteiger charge is 2.11. The van der Waals surface area contributed by atoms with E-state index in [9.17, 15) is 0 Å². The van der Waals surface area contributed by atoms with Crippen LogP contribution in [0.15, 0.2) is 47.8 Å². The lowest BCUT2D eigenvalue weighted by atomic mass is 10.3. The summed E-state index contributed by atoms with van der Waals surface area (Å²) in [6, 6.07) is 13.8. The lowest BCUT2D eigenvalue weighted by molar-refractivity contribution is 0.218. The van der Waals surface area contributed by atoms with Crippen LogP contribution in [0.25, 0.3) is 0 Å². The lowest BCUT2D eigenvalue weighted by Crippen LogP contribution is -2.17. The topological polar surface area (TPSA) is 35.2 Å². The van der Waals surface area contributed by atoms with E-state index in [1.165, 1.54) is 4.88 Å². The molecular weight excluding hydrogens is 206 g/mol. The largest absolute Gasteiger partial charge is 0.484 e. The highest BCUT2D eigenvalue weighted by atomic mass is 32.1. The molecule has 2 nitrogen and oxygen atoms in total. The van der Waals surface area contributed by atoms with E-state index >= 15 is 0 Å². The van der Waals surface area contributed by atoms with E-state index in [1.807, 2.05) is 47.8 Å². The standard InChI is InChI=1S/C12H13NOS/c13-9-11(12-7-4-8-15-12)14-10-5-2-1-3-6-10/h1-8,11H,9,13H2. The summed E-state index contributed by atoms with van der Waals surface area (Å²) in [7, 11) is 0. The van der Waals surface area contributed by atoms with Crippen molar-refractivity contribution in [3.05, 3.63) is 52.7 Å². The van der Waals surface area contributed by atoms with Gasteiger partial charge in [-0.1, -0.05) is 24.3 Å². The van der Waals surface area contributed by atoms with E-state index in [4.69, 9.17) is 10.5 Å². The van der Waals surface area contributed by atoms with Crippen molar-refractivity contribution in [2.45, 2.75) is 6.10 Å². The van der Waals surface area contributed by atoms with Gasteiger partial charge in [0.1, 0.15) is 11.9 Å².